The number of piperazine rings is 1. The highest BCUT2D eigenvalue weighted by atomic mass is 16.5. The molecule has 23 heavy (non-hydrogen) atoms. The predicted octanol–water partition coefficient (Wildman–Crippen LogP) is 2.16. The first kappa shape index (κ1) is 16.1. The van der Waals surface area contributed by atoms with Crippen molar-refractivity contribution in [2.24, 2.45) is 5.92 Å². The Kier molecular flexibility index (Phi) is 5.06. The fourth-order valence-corrected chi connectivity index (χ4v) is 3.54. The van der Waals surface area contributed by atoms with Crippen molar-refractivity contribution in [3.05, 3.63) is 24.3 Å². The number of benzene rings is 1. The normalized spacial score (nSPS) is 25.3. The van der Waals surface area contributed by atoms with Crippen LogP contribution >= 0.6 is 0 Å². The van der Waals surface area contributed by atoms with Gasteiger partial charge in [-0.25, -0.2) is 0 Å². The van der Waals surface area contributed by atoms with Crippen LogP contribution in [0.1, 0.15) is 19.8 Å². The lowest BCUT2D eigenvalue weighted by Gasteiger charge is -2.39. The number of hydrogen-bond donors (Lipinski definition) is 0. The van der Waals surface area contributed by atoms with Crippen LogP contribution in [-0.2, 0) is 9.53 Å². The Morgan fingerprint density at radius 3 is 2.65 bits per heavy atom. The van der Waals surface area contributed by atoms with Crippen molar-refractivity contribution in [2.45, 2.75) is 25.9 Å². The molecule has 5 heteroatoms. The van der Waals surface area contributed by atoms with Crippen LogP contribution in [0.15, 0.2) is 24.3 Å². The van der Waals surface area contributed by atoms with E-state index in [-0.39, 0.29) is 17.9 Å². The summed E-state index contributed by atoms with van der Waals surface area (Å²) < 4.78 is 11.1. The summed E-state index contributed by atoms with van der Waals surface area (Å²) in [6.07, 6.45) is 1.98. The number of para-hydroxylation sites is 2. The Bertz CT molecular complexity index is 541. The minimum absolute atomic E-state index is 0.0292. The molecule has 0 bridgehead atoms. The van der Waals surface area contributed by atoms with Gasteiger partial charge in [-0.2, -0.15) is 0 Å². The molecule has 0 radical (unpaired) electrons. The fraction of sp³-hybridized carbons (Fsp3) is 0.611. The van der Waals surface area contributed by atoms with E-state index in [1.165, 1.54) is 0 Å². The summed E-state index contributed by atoms with van der Waals surface area (Å²) in [4.78, 5) is 17.0. The lowest BCUT2D eigenvalue weighted by Crippen LogP contribution is -2.52. The summed E-state index contributed by atoms with van der Waals surface area (Å²) in [5.41, 5.74) is 1.11. The number of nitrogens with zero attached hydrogens (tertiary/aromatic N) is 2. The van der Waals surface area contributed by atoms with Crippen LogP contribution in [0.5, 0.6) is 5.75 Å². The highest BCUT2D eigenvalue weighted by Crippen LogP contribution is 2.29. The molecule has 2 fully saturated rings. The number of methoxy groups -OCH3 is 1. The average molecular weight is 318 g/mol. The summed E-state index contributed by atoms with van der Waals surface area (Å²) >= 11 is 0. The molecule has 126 valence electrons. The number of carbonyl (C=O) groups is 1. The molecule has 0 spiro atoms. The number of anilines is 1. The summed E-state index contributed by atoms with van der Waals surface area (Å²) in [5, 5.41) is 0. The van der Waals surface area contributed by atoms with Crippen molar-refractivity contribution in [3.8, 4) is 5.75 Å². The maximum absolute atomic E-state index is 12.7. The monoisotopic (exact) mass is 318 g/mol. The van der Waals surface area contributed by atoms with Gasteiger partial charge in [-0.05, 0) is 31.9 Å². The summed E-state index contributed by atoms with van der Waals surface area (Å²) in [7, 11) is 1.70. The van der Waals surface area contributed by atoms with E-state index in [0.717, 1.165) is 57.1 Å². The van der Waals surface area contributed by atoms with Crippen molar-refractivity contribution >= 4 is 11.6 Å². The zero-order chi connectivity index (χ0) is 16.2. The summed E-state index contributed by atoms with van der Waals surface area (Å²) in [5.74, 6) is 1.18. The van der Waals surface area contributed by atoms with Crippen LogP contribution in [0.3, 0.4) is 0 Å². The van der Waals surface area contributed by atoms with Crippen molar-refractivity contribution in [2.75, 3.05) is 44.8 Å². The number of ether oxygens (including phenoxy) is 2. The van der Waals surface area contributed by atoms with Gasteiger partial charge in [-0.1, -0.05) is 12.1 Å². The third kappa shape index (κ3) is 3.44. The molecule has 2 aliphatic rings. The molecule has 1 aromatic carbocycles. The molecule has 2 aliphatic heterocycles. The van der Waals surface area contributed by atoms with Gasteiger partial charge in [0, 0.05) is 32.8 Å². The predicted molar refractivity (Wildman–Crippen MR) is 89.9 cm³/mol. The van der Waals surface area contributed by atoms with Gasteiger partial charge in [-0.3, -0.25) is 4.79 Å². The number of rotatable bonds is 3. The van der Waals surface area contributed by atoms with Gasteiger partial charge in [0.15, 0.2) is 0 Å². The Morgan fingerprint density at radius 1 is 1.22 bits per heavy atom. The van der Waals surface area contributed by atoms with E-state index in [4.69, 9.17) is 9.47 Å². The third-order valence-corrected chi connectivity index (χ3v) is 4.94. The van der Waals surface area contributed by atoms with Gasteiger partial charge in [0.05, 0.1) is 24.8 Å². The quantitative estimate of drug-likeness (QED) is 0.856. The lowest BCUT2D eigenvalue weighted by atomic mass is 9.93. The van der Waals surface area contributed by atoms with Crippen molar-refractivity contribution in [3.63, 3.8) is 0 Å². The van der Waals surface area contributed by atoms with Crippen LogP contribution in [0.4, 0.5) is 5.69 Å². The van der Waals surface area contributed by atoms with Crippen molar-refractivity contribution < 1.29 is 14.3 Å². The second kappa shape index (κ2) is 7.21. The van der Waals surface area contributed by atoms with Gasteiger partial charge in [0.2, 0.25) is 5.91 Å². The van der Waals surface area contributed by atoms with Gasteiger partial charge < -0.3 is 19.3 Å². The highest BCUT2D eigenvalue weighted by Gasteiger charge is 2.33. The maximum atomic E-state index is 12.7. The van der Waals surface area contributed by atoms with Gasteiger partial charge in [-0.15, -0.1) is 0 Å². The zero-order valence-corrected chi connectivity index (χ0v) is 14.0. The molecule has 0 N–H and O–H groups in total. The molecule has 5 nitrogen and oxygen atoms in total. The highest BCUT2D eigenvalue weighted by molar-refractivity contribution is 5.80. The fourth-order valence-electron chi connectivity index (χ4n) is 3.54. The van der Waals surface area contributed by atoms with Crippen LogP contribution < -0.4 is 9.64 Å². The molecule has 3 rings (SSSR count). The van der Waals surface area contributed by atoms with Gasteiger partial charge in [0.25, 0.3) is 0 Å². The van der Waals surface area contributed by atoms with Crippen LogP contribution in [0.2, 0.25) is 0 Å². The Morgan fingerprint density at radius 2 is 1.96 bits per heavy atom. The Hall–Kier alpha value is -1.75. The van der Waals surface area contributed by atoms with Crippen LogP contribution in [0.25, 0.3) is 0 Å². The molecule has 1 aromatic rings. The van der Waals surface area contributed by atoms with E-state index < -0.39 is 0 Å². The minimum atomic E-state index is 0.0292. The minimum Gasteiger partial charge on any atom is -0.495 e. The van der Waals surface area contributed by atoms with Crippen molar-refractivity contribution in [1.82, 2.24) is 4.90 Å². The van der Waals surface area contributed by atoms with E-state index in [9.17, 15) is 4.79 Å². The van der Waals surface area contributed by atoms with Gasteiger partial charge >= 0.3 is 0 Å². The molecule has 1 amide bonds. The standard InChI is InChI=1S/C18H26N2O3/c1-14-15(6-5-13-23-14)18(21)20-11-9-19(10-12-20)16-7-3-4-8-17(16)22-2/h3-4,7-8,14-15H,5-6,9-13H2,1-2H3/t14-,15-/m0/s1. The first-order valence-electron chi connectivity index (χ1n) is 8.49. The number of amides is 1. The lowest BCUT2D eigenvalue weighted by molar-refractivity contribution is -0.144. The smallest absolute Gasteiger partial charge is 0.228 e. The summed E-state index contributed by atoms with van der Waals surface area (Å²) in [6, 6.07) is 8.06. The molecule has 0 saturated carbocycles. The zero-order valence-electron chi connectivity index (χ0n) is 14.0. The first-order valence-corrected chi connectivity index (χ1v) is 8.49. The van der Waals surface area contributed by atoms with E-state index in [2.05, 4.69) is 11.0 Å². The molecular formula is C18H26N2O3. The van der Waals surface area contributed by atoms with E-state index in [1.807, 2.05) is 30.0 Å². The number of carbonyl (C=O) groups excluding carboxylic acids is 1. The second-order valence-electron chi connectivity index (χ2n) is 6.31. The molecule has 2 atom stereocenters. The molecule has 2 heterocycles. The van der Waals surface area contributed by atoms with Crippen molar-refractivity contribution in [1.29, 1.82) is 0 Å². The SMILES string of the molecule is COc1ccccc1N1CCN(C(=O)[C@H]2CCCO[C@H]2C)CC1. The van der Waals surface area contributed by atoms with E-state index in [1.54, 1.807) is 7.11 Å². The van der Waals surface area contributed by atoms with Gasteiger partial charge in [0.1, 0.15) is 5.75 Å². The van der Waals surface area contributed by atoms with E-state index in [0.29, 0.717) is 0 Å². The first-order chi connectivity index (χ1) is 11.2. The second-order valence-corrected chi connectivity index (χ2v) is 6.31. The van der Waals surface area contributed by atoms with Crippen LogP contribution in [0, 0.1) is 5.92 Å². The Balaban J connectivity index is 1.61. The molecule has 0 aromatic heterocycles. The summed E-state index contributed by atoms with van der Waals surface area (Å²) in [6.45, 7) is 6.02. The molecular weight excluding hydrogens is 292 g/mol. The van der Waals surface area contributed by atoms with E-state index >= 15 is 0 Å². The maximum Gasteiger partial charge on any atom is 0.228 e. The average Bonchev–Trinajstić information content (AvgIpc) is 2.61. The third-order valence-electron chi connectivity index (χ3n) is 4.94. The molecule has 2 saturated heterocycles. The number of hydrogen-bond acceptors (Lipinski definition) is 4. The molecule has 0 unspecified atom stereocenters. The Labute approximate surface area is 138 Å². The largest absolute Gasteiger partial charge is 0.495 e. The van der Waals surface area contributed by atoms with Crippen LogP contribution in [-0.4, -0.2) is 56.8 Å². The molecule has 0 aliphatic carbocycles. The topological polar surface area (TPSA) is 42.0 Å².